The summed E-state index contributed by atoms with van der Waals surface area (Å²) in [6.45, 7) is 0.308. The summed E-state index contributed by atoms with van der Waals surface area (Å²) in [5.74, 6) is -0.0934. The Morgan fingerprint density at radius 2 is 1.82 bits per heavy atom. The summed E-state index contributed by atoms with van der Waals surface area (Å²) in [4.78, 5) is 41.4. The lowest BCUT2D eigenvalue weighted by Crippen LogP contribution is -2.40. The van der Waals surface area contributed by atoms with Crippen molar-refractivity contribution in [1.29, 1.82) is 0 Å². The van der Waals surface area contributed by atoms with E-state index in [-0.39, 0.29) is 23.8 Å². The highest BCUT2D eigenvalue weighted by Crippen LogP contribution is 2.31. The minimum Gasteiger partial charge on any atom is -0.452 e. The maximum absolute atomic E-state index is 12.9. The predicted octanol–water partition coefficient (Wildman–Crippen LogP) is 4.24. The molecule has 0 radical (unpaired) electrons. The predicted molar refractivity (Wildman–Crippen MR) is 106 cm³/mol. The van der Waals surface area contributed by atoms with Crippen molar-refractivity contribution in [2.24, 2.45) is 0 Å². The lowest BCUT2D eigenvalue weighted by atomic mass is 9.94. The highest BCUT2D eigenvalue weighted by atomic mass is 79.9. The van der Waals surface area contributed by atoms with Crippen molar-refractivity contribution in [1.82, 2.24) is 9.80 Å². The summed E-state index contributed by atoms with van der Waals surface area (Å²) < 4.78 is 6.05. The molecule has 0 atom stereocenters. The average Bonchev–Trinajstić information content (AvgIpc) is 3.22. The maximum atomic E-state index is 12.9. The van der Waals surface area contributed by atoms with Crippen LogP contribution in [0, 0.1) is 0 Å². The molecule has 0 N–H and O–H groups in total. The van der Waals surface area contributed by atoms with E-state index in [1.165, 1.54) is 9.80 Å². The van der Waals surface area contributed by atoms with Gasteiger partial charge in [0.1, 0.15) is 5.76 Å². The molecule has 1 saturated carbocycles. The van der Waals surface area contributed by atoms with Gasteiger partial charge in [0.15, 0.2) is 4.67 Å². The minimum absolute atomic E-state index is 0.0274. The largest absolute Gasteiger partial charge is 0.452 e. The van der Waals surface area contributed by atoms with Crippen LogP contribution in [0.5, 0.6) is 0 Å². The topological polar surface area (TPSA) is 70.8 Å². The number of benzene rings is 1. The Bertz CT molecular complexity index is 946. The summed E-state index contributed by atoms with van der Waals surface area (Å²) in [5.41, 5.74) is 1.11. The lowest BCUT2D eigenvalue weighted by molar-refractivity contribution is 0.0548. The highest BCUT2D eigenvalue weighted by molar-refractivity contribution is 9.10. The Kier molecular flexibility index (Phi) is 5.10. The molecule has 3 amide bonds. The van der Waals surface area contributed by atoms with E-state index in [0.29, 0.717) is 33.7 Å². The maximum Gasteiger partial charge on any atom is 0.261 e. The zero-order valence-electron chi connectivity index (χ0n) is 15.6. The van der Waals surface area contributed by atoms with E-state index in [1.54, 1.807) is 37.4 Å². The third-order valence-corrected chi connectivity index (χ3v) is 5.90. The highest BCUT2D eigenvalue weighted by Gasteiger charge is 2.40. The molecule has 2 aliphatic rings. The van der Waals surface area contributed by atoms with Crippen LogP contribution in [0.25, 0.3) is 0 Å². The van der Waals surface area contributed by atoms with Gasteiger partial charge in [-0.15, -0.1) is 0 Å². The fraction of sp³-hybridized carbons (Fsp3) is 0.381. The Hall–Kier alpha value is -2.41. The van der Waals surface area contributed by atoms with E-state index in [1.807, 2.05) is 0 Å². The molecule has 1 aliphatic carbocycles. The fourth-order valence-electron chi connectivity index (χ4n) is 4.03. The molecule has 1 aromatic heterocycles. The van der Waals surface area contributed by atoms with E-state index in [0.717, 1.165) is 32.1 Å². The third-order valence-electron chi connectivity index (χ3n) is 5.47. The molecule has 1 aromatic carbocycles. The Morgan fingerprint density at radius 1 is 1.11 bits per heavy atom. The van der Waals surface area contributed by atoms with E-state index >= 15 is 0 Å². The monoisotopic (exact) mass is 444 g/mol. The van der Waals surface area contributed by atoms with Gasteiger partial charge in [-0.1, -0.05) is 19.3 Å². The number of carbonyl (C=O) groups is 3. The summed E-state index contributed by atoms with van der Waals surface area (Å²) >= 11 is 3.24. The smallest absolute Gasteiger partial charge is 0.261 e. The number of carbonyl (C=O) groups excluding carboxylic acids is 3. The van der Waals surface area contributed by atoms with Crippen LogP contribution in [-0.4, -0.2) is 40.6 Å². The number of nitrogens with zero attached hydrogens (tertiary/aromatic N) is 2. The van der Waals surface area contributed by atoms with Crippen molar-refractivity contribution in [2.45, 2.75) is 44.7 Å². The van der Waals surface area contributed by atoms with Gasteiger partial charge in [-0.25, -0.2) is 0 Å². The molecule has 0 spiro atoms. The molecular formula is C21H21BrN2O4. The first-order chi connectivity index (χ1) is 13.5. The molecule has 0 saturated heterocycles. The quantitative estimate of drug-likeness (QED) is 0.660. The van der Waals surface area contributed by atoms with Gasteiger partial charge in [0.05, 0.1) is 17.7 Å². The molecule has 4 rings (SSSR count). The second-order valence-electron chi connectivity index (χ2n) is 7.40. The van der Waals surface area contributed by atoms with Gasteiger partial charge in [0.25, 0.3) is 17.7 Å². The van der Waals surface area contributed by atoms with Gasteiger partial charge in [-0.2, -0.15) is 0 Å². The molecule has 7 heteroatoms. The van der Waals surface area contributed by atoms with Crippen molar-refractivity contribution < 1.29 is 18.8 Å². The van der Waals surface area contributed by atoms with Gasteiger partial charge < -0.3 is 9.32 Å². The molecule has 6 nitrogen and oxygen atoms in total. The summed E-state index contributed by atoms with van der Waals surface area (Å²) in [5, 5.41) is 0. The number of rotatable bonds is 4. The second-order valence-corrected chi connectivity index (χ2v) is 8.18. The molecule has 1 aliphatic heterocycles. The fourth-order valence-corrected chi connectivity index (χ4v) is 4.37. The van der Waals surface area contributed by atoms with Crippen molar-refractivity contribution in [3.05, 3.63) is 57.5 Å². The third kappa shape index (κ3) is 3.39. The number of fused-ring (bicyclic) bond motifs is 1. The molecule has 2 heterocycles. The van der Waals surface area contributed by atoms with Crippen LogP contribution in [0.4, 0.5) is 0 Å². The van der Waals surface area contributed by atoms with Gasteiger partial charge in [-0.3, -0.25) is 19.3 Å². The summed E-state index contributed by atoms with van der Waals surface area (Å²) in [6, 6.07) is 8.30. The van der Waals surface area contributed by atoms with E-state index in [9.17, 15) is 14.4 Å². The van der Waals surface area contributed by atoms with Gasteiger partial charge >= 0.3 is 0 Å². The van der Waals surface area contributed by atoms with Crippen LogP contribution in [0.1, 0.15) is 68.9 Å². The SMILES string of the molecule is CN(Cc1ccc(Br)o1)C(=O)c1ccc2c(c1)C(=O)N(C1CCCCC1)C2=O. The van der Waals surface area contributed by atoms with Gasteiger partial charge in [-0.05, 0) is 59.1 Å². The van der Waals surface area contributed by atoms with Crippen LogP contribution in [0.3, 0.4) is 0 Å². The molecule has 146 valence electrons. The first-order valence-corrected chi connectivity index (χ1v) is 10.3. The molecule has 2 aromatic rings. The van der Waals surface area contributed by atoms with Crippen molar-refractivity contribution >= 4 is 33.7 Å². The lowest BCUT2D eigenvalue weighted by Gasteiger charge is -2.29. The molecule has 28 heavy (non-hydrogen) atoms. The Morgan fingerprint density at radius 3 is 2.50 bits per heavy atom. The standard InChI is InChI=1S/C21H21BrN2O4/c1-23(12-15-8-10-18(22)28-15)19(25)13-7-9-16-17(11-13)21(27)24(20(16)26)14-5-3-2-4-6-14/h7-11,14H,2-6,12H2,1H3. The Labute approximate surface area is 171 Å². The zero-order valence-corrected chi connectivity index (χ0v) is 17.2. The number of hydrogen-bond donors (Lipinski definition) is 0. The van der Waals surface area contributed by atoms with Crippen molar-refractivity contribution in [3.63, 3.8) is 0 Å². The van der Waals surface area contributed by atoms with E-state index < -0.39 is 0 Å². The van der Waals surface area contributed by atoms with E-state index in [4.69, 9.17) is 4.42 Å². The van der Waals surface area contributed by atoms with E-state index in [2.05, 4.69) is 15.9 Å². The number of imide groups is 1. The summed E-state index contributed by atoms with van der Waals surface area (Å²) in [6.07, 6.45) is 4.94. The van der Waals surface area contributed by atoms with Crippen LogP contribution >= 0.6 is 15.9 Å². The average molecular weight is 445 g/mol. The van der Waals surface area contributed by atoms with Crippen LogP contribution in [-0.2, 0) is 6.54 Å². The Balaban J connectivity index is 1.54. The van der Waals surface area contributed by atoms with Crippen LogP contribution in [0.15, 0.2) is 39.4 Å². The molecule has 1 fully saturated rings. The van der Waals surface area contributed by atoms with Gasteiger partial charge in [0, 0.05) is 18.7 Å². The zero-order chi connectivity index (χ0) is 19.8. The first kappa shape index (κ1) is 18.9. The molecule has 0 bridgehead atoms. The first-order valence-electron chi connectivity index (χ1n) is 9.47. The minimum atomic E-state index is -0.279. The van der Waals surface area contributed by atoms with Crippen LogP contribution < -0.4 is 0 Å². The number of furan rings is 1. The number of amides is 3. The number of halogens is 1. The summed E-state index contributed by atoms with van der Waals surface area (Å²) in [7, 11) is 1.67. The van der Waals surface area contributed by atoms with Gasteiger partial charge in [0.2, 0.25) is 0 Å². The molecule has 0 unspecified atom stereocenters. The second kappa shape index (κ2) is 7.54. The van der Waals surface area contributed by atoms with Crippen molar-refractivity contribution in [3.8, 4) is 0 Å². The van der Waals surface area contributed by atoms with Crippen LogP contribution in [0.2, 0.25) is 0 Å². The van der Waals surface area contributed by atoms with Crippen molar-refractivity contribution in [2.75, 3.05) is 7.05 Å². The normalized spacial score (nSPS) is 17.1. The number of hydrogen-bond acceptors (Lipinski definition) is 4. The molecular weight excluding hydrogens is 424 g/mol.